The molecule has 0 saturated carbocycles. The minimum atomic E-state index is -3.38. The van der Waals surface area contributed by atoms with Crippen LogP contribution in [-0.2, 0) is 14.9 Å². The van der Waals surface area contributed by atoms with Crippen molar-refractivity contribution in [3.63, 3.8) is 0 Å². The molecule has 2 N–H and O–H groups in total. The van der Waals surface area contributed by atoms with E-state index in [-0.39, 0.29) is 24.5 Å². The molecule has 0 aromatic carbocycles. The fourth-order valence-electron chi connectivity index (χ4n) is 2.68. The fraction of sp³-hybridized carbons (Fsp3) is 1.00. The summed E-state index contributed by atoms with van der Waals surface area (Å²) in [4.78, 5) is 0. The average molecular weight is 292 g/mol. The normalized spacial score (nSPS) is 30.8. The second-order valence-corrected chi connectivity index (χ2v) is 7.26. The zero-order valence-electron chi connectivity index (χ0n) is 11.4. The lowest BCUT2D eigenvalue weighted by atomic mass is 10.00. The van der Waals surface area contributed by atoms with Gasteiger partial charge < -0.3 is 9.84 Å². The van der Waals surface area contributed by atoms with E-state index in [9.17, 15) is 8.42 Å². The molecule has 7 heteroatoms. The maximum absolute atomic E-state index is 12.2. The number of aliphatic hydroxyl groups excluding tert-OH is 1. The summed E-state index contributed by atoms with van der Waals surface area (Å²) in [5.41, 5.74) is 0. The Morgan fingerprint density at radius 1 is 1.32 bits per heavy atom. The first-order chi connectivity index (χ1) is 9.03. The van der Waals surface area contributed by atoms with Gasteiger partial charge in [-0.05, 0) is 32.1 Å². The largest absolute Gasteiger partial charge is 0.396 e. The minimum absolute atomic E-state index is 0.128. The van der Waals surface area contributed by atoms with Crippen molar-refractivity contribution >= 4 is 10.2 Å². The molecule has 2 fully saturated rings. The van der Waals surface area contributed by atoms with Crippen LogP contribution in [0.5, 0.6) is 0 Å². The summed E-state index contributed by atoms with van der Waals surface area (Å²) < 4.78 is 33.9. The van der Waals surface area contributed by atoms with Gasteiger partial charge in [0.1, 0.15) is 0 Å². The van der Waals surface area contributed by atoms with Gasteiger partial charge in [-0.2, -0.15) is 12.7 Å². The molecule has 2 unspecified atom stereocenters. The van der Waals surface area contributed by atoms with E-state index in [2.05, 4.69) is 4.72 Å². The van der Waals surface area contributed by atoms with Crippen molar-refractivity contribution in [1.82, 2.24) is 9.03 Å². The molecular weight excluding hydrogens is 268 g/mol. The first kappa shape index (κ1) is 15.2. The lowest BCUT2D eigenvalue weighted by molar-refractivity contribution is 0.106. The molecular formula is C12H24N2O4S. The summed E-state index contributed by atoms with van der Waals surface area (Å²) in [6.45, 7) is 4.30. The van der Waals surface area contributed by atoms with E-state index in [1.807, 2.05) is 6.92 Å². The van der Waals surface area contributed by atoms with Gasteiger partial charge in [-0.25, -0.2) is 4.72 Å². The van der Waals surface area contributed by atoms with Crippen LogP contribution in [0.15, 0.2) is 0 Å². The highest BCUT2D eigenvalue weighted by atomic mass is 32.2. The number of ether oxygens (including phenoxy) is 1. The highest BCUT2D eigenvalue weighted by molar-refractivity contribution is 7.87. The van der Waals surface area contributed by atoms with Gasteiger partial charge in [0.25, 0.3) is 10.2 Å². The maximum atomic E-state index is 12.2. The fourth-order valence-corrected chi connectivity index (χ4v) is 3.98. The number of hydrogen-bond donors (Lipinski definition) is 2. The molecule has 0 spiro atoms. The van der Waals surface area contributed by atoms with E-state index in [0.717, 1.165) is 25.9 Å². The molecule has 0 aromatic rings. The molecule has 0 aromatic heterocycles. The predicted octanol–water partition coefficient (Wildman–Crippen LogP) is -0.0499. The van der Waals surface area contributed by atoms with Crippen LogP contribution in [0.2, 0.25) is 0 Å². The Hall–Kier alpha value is -0.210. The zero-order valence-corrected chi connectivity index (χ0v) is 12.2. The van der Waals surface area contributed by atoms with E-state index in [4.69, 9.17) is 9.84 Å². The molecule has 2 heterocycles. The van der Waals surface area contributed by atoms with Crippen molar-refractivity contribution in [2.75, 3.05) is 32.8 Å². The lowest BCUT2D eigenvalue weighted by Crippen LogP contribution is -2.46. The molecule has 0 amide bonds. The Morgan fingerprint density at radius 2 is 2.00 bits per heavy atom. The van der Waals surface area contributed by atoms with Gasteiger partial charge >= 0.3 is 0 Å². The van der Waals surface area contributed by atoms with E-state index < -0.39 is 10.2 Å². The number of hydrogen-bond acceptors (Lipinski definition) is 4. The van der Waals surface area contributed by atoms with Crippen molar-refractivity contribution < 1.29 is 18.3 Å². The first-order valence-electron chi connectivity index (χ1n) is 7.00. The van der Waals surface area contributed by atoms with Crippen molar-refractivity contribution in [1.29, 1.82) is 0 Å². The van der Waals surface area contributed by atoms with Crippen LogP contribution in [-0.4, -0.2) is 56.8 Å². The van der Waals surface area contributed by atoms with E-state index in [1.165, 1.54) is 4.31 Å². The highest BCUT2D eigenvalue weighted by Crippen LogP contribution is 2.21. The van der Waals surface area contributed by atoms with Crippen molar-refractivity contribution in [2.24, 2.45) is 11.8 Å². The molecule has 0 radical (unpaired) electrons. The molecule has 2 aliphatic rings. The summed E-state index contributed by atoms with van der Waals surface area (Å²) in [5.74, 6) is 0.513. The van der Waals surface area contributed by atoms with Gasteiger partial charge in [0, 0.05) is 38.8 Å². The number of rotatable bonds is 5. The van der Waals surface area contributed by atoms with Crippen molar-refractivity contribution in [3.05, 3.63) is 0 Å². The van der Waals surface area contributed by atoms with Gasteiger partial charge in [0.05, 0.1) is 6.10 Å². The van der Waals surface area contributed by atoms with Crippen LogP contribution in [0, 0.1) is 11.8 Å². The number of nitrogens with zero attached hydrogens (tertiary/aromatic N) is 1. The Bertz CT molecular complexity index is 379. The zero-order chi connectivity index (χ0) is 13.9. The van der Waals surface area contributed by atoms with Crippen LogP contribution in [0.1, 0.15) is 26.2 Å². The SMILES string of the molecule is CC1OCCC1CNS(=O)(=O)N1CCC(CO)CC1. The topological polar surface area (TPSA) is 78.9 Å². The van der Waals surface area contributed by atoms with E-state index >= 15 is 0 Å². The van der Waals surface area contributed by atoms with E-state index in [1.54, 1.807) is 0 Å². The van der Waals surface area contributed by atoms with Crippen molar-refractivity contribution in [2.45, 2.75) is 32.3 Å². The molecule has 2 aliphatic heterocycles. The smallest absolute Gasteiger partial charge is 0.279 e. The summed E-state index contributed by atoms with van der Waals surface area (Å²) >= 11 is 0. The predicted molar refractivity (Wildman–Crippen MR) is 71.8 cm³/mol. The van der Waals surface area contributed by atoms with Gasteiger partial charge in [0.2, 0.25) is 0 Å². The third-order valence-corrected chi connectivity index (χ3v) is 5.81. The van der Waals surface area contributed by atoms with Crippen LogP contribution >= 0.6 is 0 Å². The first-order valence-corrected chi connectivity index (χ1v) is 8.44. The number of nitrogens with one attached hydrogen (secondary N) is 1. The average Bonchev–Trinajstić information content (AvgIpc) is 2.82. The molecule has 2 saturated heterocycles. The summed E-state index contributed by atoms with van der Waals surface area (Å²) in [6, 6.07) is 0. The van der Waals surface area contributed by atoms with Gasteiger partial charge in [-0.3, -0.25) is 0 Å². The third kappa shape index (κ3) is 3.88. The Labute approximate surface area is 115 Å². The number of piperidine rings is 1. The molecule has 6 nitrogen and oxygen atoms in total. The van der Waals surface area contributed by atoms with Crippen LogP contribution in [0.25, 0.3) is 0 Å². The Kier molecular flexibility index (Phi) is 5.19. The highest BCUT2D eigenvalue weighted by Gasteiger charge is 2.30. The second-order valence-electron chi connectivity index (χ2n) is 5.50. The minimum Gasteiger partial charge on any atom is -0.396 e. The van der Waals surface area contributed by atoms with Crippen LogP contribution < -0.4 is 4.72 Å². The summed E-state index contributed by atoms with van der Waals surface area (Å²) in [5, 5.41) is 9.06. The molecule has 2 rings (SSSR count). The summed E-state index contributed by atoms with van der Waals surface area (Å²) in [7, 11) is -3.38. The quantitative estimate of drug-likeness (QED) is 0.745. The lowest BCUT2D eigenvalue weighted by Gasteiger charge is -2.30. The monoisotopic (exact) mass is 292 g/mol. The molecule has 0 bridgehead atoms. The molecule has 0 aliphatic carbocycles. The van der Waals surface area contributed by atoms with Crippen molar-refractivity contribution in [3.8, 4) is 0 Å². The van der Waals surface area contributed by atoms with Gasteiger partial charge in [-0.1, -0.05) is 0 Å². The summed E-state index contributed by atoms with van der Waals surface area (Å²) in [6.07, 6.45) is 2.51. The van der Waals surface area contributed by atoms with E-state index in [0.29, 0.717) is 19.6 Å². The Morgan fingerprint density at radius 3 is 2.53 bits per heavy atom. The van der Waals surface area contributed by atoms with Gasteiger partial charge in [-0.15, -0.1) is 0 Å². The number of aliphatic hydroxyl groups is 1. The maximum Gasteiger partial charge on any atom is 0.279 e. The molecule has 19 heavy (non-hydrogen) atoms. The Balaban J connectivity index is 1.81. The van der Waals surface area contributed by atoms with Gasteiger partial charge in [0.15, 0.2) is 0 Å². The standard InChI is InChI=1S/C12H24N2O4S/c1-10-12(4-7-18-10)8-13-19(16,17)14-5-2-11(9-15)3-6-14/h10-13,15H,2-9H2,1H3. The molecule has 112 valence electrons. The van der Waals surface area contributed by atoms with Crippen LogP contribution in [0.4, 0.5) is 0 Å². The van der Waals surface area contributed by atoms with Crippen LogP contribution in [0.3, 0.4) is 0 Å². The third-order valence-electron chi connectivity index (χ3n) is 4.23. The second kappa shape index (κ2) is 6.49. The molecule has 2 atom stereocenters.